The van der Waals surface area contributed by atoms with Gasteiger partial charge in [0.25, 0.3) is 0 Å². The molecule has 0 fully saturated rings. The Morgan fingerprint density at radius 3 is 2.48 bits per heavy atom. The fourth-order valence-electron chi connectivity index (χ4n) is 4.00. The first-order valence-corrected chi connectivity index (χ1v) is 8.44. The van der Waals surface area contributed by atoms with Crippen molar-refractivity contribution in [1.82, 2.24) is 0 Å². The number of carbonyl (C=O) groups excluding carboxylic acids is 3. The van der Waals surface area contributed by atoms with Gasteiger partial charge in [-0.05, 0) is 43.1 Å². The predicted octanol–water partition coefficient (Wildman–Crippen LogP) is 2.85. The standard InChI is InChI=1S/C18H22O5/c1-3-5-12-10(4-2)8-14-11(9-22-16(14)19)6-7-13-15(12)18(21)23-17(13)20/h10,12H,3-9H2,1-2H3/t10-,12-/m1/s1. The quantitative estimate of drug-likeness (QED) is 0.591. The summed E-state index contributed by atoms with van der Waals surface area (Å²) in [6.07, 6.45) is 4.22. The first-order valence-electron chi connectivity index (χ1n) is 8.44. The van der Waals surface area contributed by atoms with Crippen LogP contribution in [0.3, 0.4) is 0 Å². The summed E-state index contributed by atoms with van der Waals surface area (Å²) in [6, 6.07) is 0. The highest BCUT2D eigenvalue weighted by Gasteiger charge is 2.42. The lowest BCUT2D eigenvalue weighted by molar-refractivity contribution is -0.151. The Hall–Kier alpha value is -1.91. The lowest BCUT2D eigenvalue weighted by Crippen LogP contribution is -2.22. The smallest absolute Gasteiger partial charge is 0.342 e. The van der Waals surface area contributed by atoms with Crippen LogP contribution >= 0.6 is 0 Å². The maximum Gasteiger partial charge on any atom is 0.342 e. The van der Waals surface area contributed by atoms with Crippen molar-refractivity contribution in [3.8, 4) is 0 Å². The fourth-order valence-corrected chi connectivity index (χ4v) is 4.00. The van der Waals surface area contributed by atoms with Crippen LogP contribution in [-0.4, -0.2) is 24.5 Å². The molecule has 2 heterocycles. The van der Waals surface area contributed by atoms with Gasteiger partial charge in [0, 0.05) is 11.1 Å². The lowest BCUT2D eigenvalue weighted by atomic mass is 9.76. The highest BCUT2D eigenvalue weighted by atomic mass is 16.6. The molecule has 0 bridgehead atoms. The molecule has 23 heavy (non-hydrogen) atoms. The average molecular weight is 318 g/mol. The summed E-state index contributed by atoms with van der Waals surface area (Å²) in [4.78, 5) is 36.4. The molecule has 0 radical (unpaired) electrons. The molecule has 0 aromatic rings. The zero-order valence-electron chi connectivity index (χ0n) is 13.6. The lowest BCUT2D eigenvalue weighted by Gasteiger charge is -2.26. The number of hydrogen-bond donors (Lipinski definition) is 0. The maximum absolute atomic E-state index is 12.2. The van der Waals surface area contributed by atoms with Crippen LogP contribution in [-0.2, 0) is 23.9 Å². The molecule has 124 valence electrons. The van der Waals surface area contributed by atoms with Crippen LogP contribution in [0.2, 0.25) is 0 Å². The summed E-state index contributed by atoms with van der Waals surface area (Å²) in [5, 5.41) is 0. The van der Waals surface area contributed by atoms with E-state index in [1.54, 1.807) is 0 Å². The van der Waals surface area contributed by atoms with Crippen LogP contribution in [0.4, 0.5) is 0 Å². The van der Waals surface area contributed by atoms with E-state index >= 15 is 0 Å². The minimum atomic E-state index is -0.504. The summed E-state index contributed by atoms with van der Waals surface area (Å²) < 4.78 is 10.1. The van der Waals surface area contributed by atoms with E-state index in [1.165, 1.54) is 0 Å². The number of ether oxygens (including phenoxy) is 2. The van der Waals surface area contributed by atoms with E-state index in [9.17, 15) is 14.4 Å². The Morgan fingerprint density at radius 2 is 1.78 bits per heavy atom. The summed E-state index contributed by atoms with van der Waals surface area (Å²) in [7, 11) is 0. The van der Waals surface area contributed by atoms with E-state index in [1.807, 2.05) is 0 Å². The van der Waals surface area contributed by atoms with E-state index in [4.69, 9.17) is 9.47 Å². The molecular formula is C18H22O5. The monoisotopic (exact) mass is 318 g/mol. The third kappa shape index (κ3) is 2.73. The number of carbonyl (C=O) groups is 3. The van der Waals surface area contributed by atoms with Gasteiger partial charge in [-0.3, -0.25) is 0 Å². The van der Waals surface area contributed by atoms with E-state index in [0.29, 0.717) is 37.0 Å². The molecule has 3 rings (SSSR count). The fraction of sp³-hybridized carbons (Fsp3) is 0.611. The molecule has 0 unspecified atom stereocenters. The third-order valence-electron chi connectivity index (χ3n) is 5.23. The number of hydrogen-bond acceptors (Lipinski definition) is 5. The van der Waals surface area contributed by atoms with Gasteiger partial charge in [0.15, 0.2) is 0 Å². The van der Waals surface area contributed by atoms with E-state index < -0.39 is 11.9 Å². The first-order chi connectivity index (χ1) is 11.1. The molecule has 0 aromatic heterocycles. The summed E-state index contributed by atoms with van der Waals surface area (Å²) in [6.45, 7) is 4.44. The molecule has 0 saturated carbocycles. The Labute approximate surface area is 135 Å². The average Bonchev–Trinajstić information content (AvgIpc) is 3.01. The van der Waals surface area contributed by atoms with Crippen molar-refractivity contribution in [2.45, 2.75) is 52.4 Å². The molecule has 3 aliphatic rings. The first kappa shape index (κ1) is 16.0. The molecule has 0 amide bonds. The largest absolute Gasteiger partial charge is 0.458 e. The Kier molecular flexibility index (Phi) is 4.37. The van der Waals surface area contributed by atoms with Crippen LogP contribution in [0.25, 0.3) is 0 Å². The zero-order chi connectivity index (χ0) is 16.6. The van der Waals surface area contributed by atoms with Gasteiger partial charge in [-0.25, -0.2) is 14.4 Å². The third-order valence-corrected chi connectivity index (χ3v) is 5.23. The molecule has 0 aromatic carbocycles. The van der Waals surface area contributed by atoms with Gasteiger partial charge in [-0.15, -0.1) is 0 Å². The van der Waals surface area contributed by atoms with Crippen molar-refractivity contribution in [3.05, 3.63) is 22.3 Å². The van der Waals surface area contributed by atoms with E-state index in [0.717, 1.165) is 30.4 Å². The molecule has 0 N–H and O–H groups in total. The van der Waals surface area contributed by atoms with E-state index in [2.05, 4.69) is 13.8 Å². The van der Waals surface area contributed by atoms with E-state index in [-0.39, 0.29) is 17.8 Å². The van der Waals surface area contributed by atoms with Crippen LogP contribution in [0.15, 0.2) is 22.3 Å². The highest BCUT2D eigenvalue weighted by Crippen LogP contribution is 2.42. The minimum Gasteiger partial charge on any atom is -0.458 e. The van der Waals surface area contributed by atoms with Crippen molar-refractivity contribution in [3.63, 3.8) is 0 Å². The molecule has 2 atom stereocenters. The molecule has 5 heteroatoms. The Bertz CT molecular complexity index is 625. The van der Waals surface area contributed by atoms with Crippen molar-refractivity contribution in [2.75, 3.05) is 6.61 Å². The van der Waals surface area contributed by atoms with Gasteiger partial charge in [0.1, 0.15) is 6.61 Å². The SMILES string of the molecule is CCC[C@H]1C2=C(CCC3=C(C[C@H]1CC)C(=O)OC3)C(=O)OC2=O. The molecule has 1 aliphatic carbocycles. The molecule has 0 saturated heterocycles. The van der Waals surface area contributed by atoms with Crippen LogP contribution in [0.1, 0.15) is 52.4 Å². The number of rotatable bonds is 3. The normalized spacial score (nSPS) is 28.0. The van der Waals surface area contributed by atoms with Crippen molar-refractivity contribution >= 4 is 17.9 Å². The second kappa shape index (κ2) is 6.30. The van der Waals surface area contributed by atoms with Crippen molar-refractivity contribution in [2.24, 2.45) is 11.8 Å². The number of esters is 3. The summed E-state index contributed by atoms with van der Waals surface area (Å²) in [5.41, 5.74) is 2.82. The van der Waals surface area contributed by atoms with Gasteiger partial charge in [0.05, 0.1) is 5.57 Å². The Balaban J connectivity index is 2.06. The van der Waals surface area contributed by atoms with Gasteiger partial charge < -0.3 is 9.47 Å². The van der Waals surface area contributed by atoms with Crippen LogP contribution in [0, 0.1) is 11.8 Å². The molecule has 5 nitrogen and oxygen atoms in total. The highest BCUT2D eigenvalue weighted by molar-refractivity contribution is 6.12. The zero-order valence-corrected chi connectivity index (χ0v) is 13.6. The molecule has 0 spiro atoms. The predicted molar refractivity (Wildman–Crippen MR) is 82.1 cm³/mol. The van der Waals surface area contributed by atoms with Gasteiger partial charge in [0.2, 0.25) is 0 Å². The van der Waals surface area contributed by atoms with Crippen molar-refractivity contribution < 1.29 is 23.9 Å². The van der Waals surface area contributed by atoms with Crippen LogP contribution < -0.4 is 0 Å². The van der Waals surface area contributed by atoms with Crippen molar-refractivity contribution in [1.29, 1.82) is 0 Å². The summed E-state index contributed by atoms with van der Waals surface area (Å²) in [5.74, 6) is -1.10. The summed E-state index contributed by atoms with van der Waals surface area (Å²) >= 11 is 0. The Morgan fingerprint density at radius 1 is 1.00 bits per heavy atom. The van der Waals surface area contributed by atoms with Gasteiger partial charge in [-0.2, -0.15) is 0 Å². The second-order valence-corrected chi connectivity index (χ2v) is 6.50. The van der Waals surface area contributed by atoms with Gasteiger partial charge in [-0.1, -0.05) is 26.7 Å². The van der Waals surface area contributed by atoms with Crippen LogP contribution in [0.5, 0.6) is 0 Å². The topological polar surface area (TPSA) is 69.7 Å². The minimum absolute atomic E-state index is 0.0285. The maximum atomic E-state index is 12.2. The van der Waals surface area contributed by atoms with Gasteiger partial charge >= 0.3 is 17.9 Å². The number of cyclic esters (lactones) is 3. The second-order valence-electron chi connectivity index (χ2n) is 6.50. The molecule has 2 aliphatic heterocycles. The molecular weight excluding hydrogens is 296 g/mol.